The molecular formula is C20H25ClN4O. The Morgan fingerprint density at radius 1 is 1.23 bits per heavy atom. The van der Waals surface area contributed by atoms with Gasteiger partial charge in [0.1, 0.15) is 0 Å². The normalized spacial score (nSPS) is 26.5. The molecule has 26 heavy (non-hydrogen) atoms. The van der Waals surface area contributed by atoms with Crippen LogP contribution in [0.25, 0.3) is 0 Å². The third-order valence-corrected chi connectivity index (χ3v) is 5.87. The van der Waals surface area contributed by atoms with Crippen LogP contribution < -0.4 is 0 Å². The lowest BCUT2D eigenvalue weighted by Crippen LogP contribution is -2.37. The molecule has 0 radical (unpaired) electrons. The first-order valence-corrected chi connectivity index (χ1v) is 9.72. The zero-order valence-corrected chi connectivity index (χ0v) is 15.8. The standard InChI is InChI=1S/C20H25ClN4O/c1-15-10-23(11-16-5-3-2-4-6-16)14-19(15)20(26)24-8-7-18(13-24)25-12-17(21)9-22-25/h2-6,9,12,15,18-19H,7-8,10-11,13-14H2,1H3. The third-order valence-electron chi connectivity index (χ3n) is 5.67. The van der Waals surface area contributed by atoms with E-state index in [0.717, 1.165) is 39.1 Å². The van der Waals surface area contributed by atoms with Crippen molar-refractivity contribution in [3.05, 3.63) is 53.3 Å². The predicted octanol–water partition coefficient (Wildman–Crippen LogP) is 3.08. The maximum absolute atomic E-state index is 13.1. The highest BCUT2D eigenvalue weighted by molar-refractivity contribution is 6.30. The van der Waals surface area contributed by atoms with E-state index in [1.54, 1.807) is 6.20 Å². The lowest BCUT2D eigenvalue weighted by Gasteiger charge is -2.23. The molecule has 4 rings (SSSR count). The van der Waals surface area contributed by atoms with Crippen LogP contribution in [0.3, 0.4) is 0 Å². The van der Waals surface area contributed by atoms with E-state index < -0.39 is 0 Å². The minimum absolute atomic E-state index is 0.0960. The maximum Gasteiger partial charge on any atom is 0.227 e. The molecule has 3 unspecified atom stereocenters. The summed E-state index contributed by atoms with van der Waals surface area (Å²) in [5, 5.41) is 4.95. The van der Waals surface area contributed by atoms with Crippen molar-refractivity contribution in [1.82, 2.24) is 19.6 Å². The predicted molar refractivity (Wildman–Crippen MR) is 102 cm³/mol. The molecule has 0 saturated carbocycles. The molecule has 2 aliphatic rings. The van der Waals surface area contributed by atoms with E-state index in [4.69, 9.17) is 11.6 Å². The Balaban J connectivity index is 1.36. The fourth-order valence-corrected chi connectivity index (χ4v) is 4.41. The van der Waals surface area contributed by atoms with Gasteiger partial charge in [0, 0.05) is 38.9 Å². The second-order valence-corrected chi connectivity index (χ2v) is 8.07. The lowest BCUT2D eigenvalue weighted by atomic mass is 9.97. The molecule has 5 nitrogen and oxygen atoms in total. The van der Waals surface area contributed by atoms with Crippen LogP contribution in [0.5, 0.6) is 0 Å². The largest absolute Gasteiger partial charge is 0.340 e. The Morgan fingerprint density at radius 3 is 2.77 bits per heavy atom. The Bertz CT molecular complexity index is 762. The van der Waals surface area contributed by atoms with Crippen LogP contribution in [0.1, 0.15) is 24.9 Å². The van der Waals surface area contributed by atoms with Crippen LogP contribution in [0.15, 0.2) is 42.7 Å². The average Bonchev–Trinajstić information content (AvgIpc) is 3.35. The lowest BCUT2D eigenvalue weighted by molar-refractivity contribution is -0.135. The molecular weight excluding hydrogens is 348 g/mol. The van der Waals surface area contributed by atoms with Crippen LogP contribution >= 0.6 is 11.6 Å². The van der Waals surface area contributed by atoms with Crippen LogP contribution in [0.2, 0.25) is 5.02 Å². The van der Waals surface area contributed by atoms with E-state index in [9.17, 15) is 4.79 Å². The first-order chi connectivity index (χ1) is 12.6. The molecule has 2 aliphatic heterocycles. The third kappa shape index (κ3) is 3.64. The number of hydrogen-bond acceptors (Lipinski definition) is 3. The van der Waals surface area contributed by atoms with E-state index in [-0.39, 0.29) is 12.0 Å². The number of rotatable bonds is 4. The molecule has 2 aromatic rings. The smallest absolute Gasteiger partial charge is 0.227 e. The number of benzene rings is 1. The highest BCUT2D eigenvalue weighted by atomic mass is 35.5. The number of aromatic nitrogens is 2. The second-order valence-electron chi connectivity index (χ2n) is 7.63. The monoisotopic (exact) mass is 372 g/mol. The Morgan fingerprint density at radius 2 is 2.04 bits per heavy atom. The summed E-state index contributed by atoms with van der Waals surface area (Å²) >= 11 is 5.97. The highest BCUT2D eigenvalue weighted by Crippen LogP contribution is 2.30. The molecule has 138 valence electrons. The van der Waals surface area contributed by atoms with E-state index in [1.165, 1.54) is 5.56 Å². The molecule has 3 atom stereocenters. The minimum atomic E-state index is 0.0960. The molecule has 0 bridgehead atoms. The van der Waals surface area contributed by atoms with Gasteiger partial charge in [0.2, 0.25) is 5.91 Å². The maximum atomic E-state index is 13.1. The number of nitrogens with zero attached hydrogens (tertiary/aromatic N) is 4. The van der Waals surface area contributed by atoms with Gasteiger partial charge in [-0.25, -0.2) is 0 Å². The number of amides is 1. The van der Waals surface area contributed by atoms with Crippen molar-refractivity contribution in [3.63, 3.8) is 0 Å². The molecule has 2 saturated heterocycles. The van der Waals surface area contributed by atoms with Crippen molar-refractivity contribution in [2.45, 2.75) is 25.9 Å². The van der Waals surface area contributed by atoms with E-state index in [1.807, 2.05) is 21.8 Å². The topological polar surface area (TPSA) is 41.4 Å². The molecule has 1 aromatic carbocycles. The molecule has 3 heterocycles. The van der Waals surface area contributed by atoms with Gasteiger partial charge in [-0.1, -0.05) is 48.9 Å². The van der Waals surface area contributed by atoms with Gasteiger partial charge in [-0.2, -0.15) is 5.10 Å². The van der Waals surface area contributed by atoms with Crippen molar-refractivity contribution < 1.29 is 4.79 Å². The molecule has 2 fully saturated rings. The Kier molecular flexibility index (Phi) is 5.00. The minimum Gasteiger partial charge on any atom is -0.340 e. The SMILES string of the molecule is CC1CN(Cc2ccccc2)CC1C(=O)N1CCC(n2cc(Cl)cn2)C1. The molecule has 1 aromatic heterocycles. The number of hydrogen-bond donors (Lipinski definition) is 0. The van der Waals surface area contributed by atoms with Gasteiger partial charge in [0.15, 0.2) is 0 Å². The fourth-order valence-electron chi connectivity index (χ4n) is 4.27. The van der Waals surface area contributed by atoms with Crippen molar-refractivity contribution >= 4 is 17.5 Å². The summed E-state index contributed by atoms with van der Waals surface area (Å²) in [6.45, 7) is 6.50. The molecule has 6 heteroatoms. The summed E-state index contributed by atoms with van der Waals surface area (Å²) in [5.74, 6) is 0.789. The summed E-state index contributed by atoms with van der Waals surface area (Å²) < 4.78 is 1.90. The second kappa shape index (κ2) is 7.41. The van der Waals surface area contributed by atoms with Gasteiger partial charge in [-0.3, -0.25) is 14.4 Å². The first kappa shape index (κ1) is 17.6. The first-order valence-electron chi connectivity index (χ1n) is 9.35. The number of carbonyl (C=O) groups excluding carboxylic acids is 1. The number of likely N-dealkylation sites (tertiary alicyclic amines) is 2. The number of halogens is 1. The van der Waals surface area contributed by atoms with Crippen LogP contribution in [0, 0.1) is 11.8 Å². The summed E-state index contributed by atoms with van der Waals surface area (Å²) in [5.41, 5.74) is 1.31. The van der Waals surface area contributed by atoms with Gasteiger partial charge < -0.3 is 4.90 Å². The highest BCUT2D eigenvalue weighted by Gasteiger charge is 2.39. The molecule has 0 N–H and O–H groups in total. The van der Waals surface area contributed by atoms with E-state index >= 15 is 0 Å². The van der Waals surface area contributed by atoms with Crippen molar-refractivity contribution in [3.8, 4) is 0 Å². The Hall–Kier alpha value is -1.85. The van der Waals surface area contributed by atoms with Gasteiger partial charge >= 0.3 is 0 Å². The summed E-state index contributed by atoms with van der Waals surface area (Å²) in [4.78, 5) is 17.5. The van der Waals surface area contributed by atoms with Crippen LogP contribution in [0.4, 0.5) is 0 Å². The quantitative estimate of drug-likeness (QED) is 0.828. The van der Waals surface area contributed by atoms with E-state index in [2.05, 4.69) is 41.2 Å². The Labute approximate surface area is 159 Å². The zero-order chi connectivity index (χ0) is 18.1. The fraction of sp³-hybridized carbons (Fsp3) is 0.500. The van der Waals surface area contributed by atoms with Gasteiger partial charge in [0.25, 0.3) is 0 Å². The average molecular weight is 373 g/mol. The summed E-state index contributed by atoms with van der Waals surface area (Å²) in [6.07, 6.45) is 4.45. The molecule has 0 aliphatic carbocycles. The van der Waals surface area contributed by atoms with Crippen molar-refractivity contribution in [1.29, 1.82) is 0 Å². The zero-order valence-electron chi connectivity index (χ0n) is 15.1. The van der Waals surface area contributed by atoms with Crippen molar-refractivity contribution in [2.24, 2.45) is 11.8 Å². The van der Waals surface area contributed by atoms with Crippen LogP contribution in [-0.4, -0.2) is 51.7 Å². The van der Waals surface area contributed by atoms with E-state index in [0.29, 0.717) is 16.8 Å². The molecule has 1 amide bonds. The number of carbonyl (C=O) groups is 1. The van der Waals surface area contributed by atoms with Gasteiger partial charge in [0.05, 0.1) is 23.2 Å². The summed E-state index contributed by atoms with van der Waals surface area (Å²) in [7, 11) is 0. The van der Waals surface area contributed by atoms with Gasteiger partial charge in [-0.15, -0.1) is 0 Å². The van der Waals surface area contributed by atoms with Crippen LogP contribution in [-0.2, 0) is 11.3 Å². The summed E-state index contributed by atoms with van der Waals surface area (Å²) in [6, 6.07) is 10.7. The molecule has 0 spiro atoms. The van der Waals surface area contributed by atoms with Crippen molar-refractivity contribution in [2.75, 3.05) is 26.2 Å². The van der Waals surface area contributed by atoms with Gasteiger partial charge in [-0.05, 0) is 17.9 Å².